The van der Waals surface area contributed by atoms with Gasteiger partial charge < -0.3 is 24.8 Å². The molecule has 0 fully saturated rings. The Hall–Kier alpha value is -0.877. The van der Waals surface area contributed by atoms with E-state index in [1.165, 1.54) is 33.4 Å². The second-order valence-electron chi connectivity index (χ2n) is 5.48. The smallest absolute Gasteiger partial charge is 1.00 e. The molecule has 0 nitrogen and oxygen atoms in total. The van der Waals surface area contributed by atoms with E-state index in [0.717, 1.165) is 6.42 Å². The minimum atomic E-state index is 0. The van der Waals surface area contributed by atoms with Gasteiger partial charge in [-0.1, -0.05) is 49.2 Å². The van der Waals surface area contributed by atoms with Crippen molar-refractivity contribution in [2.24, 2.45) is 0 Å². The molecule has 0 radical (unpaired) electrons. The summed E-state index contributed by atoms with van der Waals surface area (Å²) in [6.45, 7) is 4.18. The Labute approximate surface area is 176 Å². The third kappa shape index (κ3) is 5.31. The van der Waals surface area contributed by atoms with Crippen molar-refractivity contribution in [3.05, 3.63) is 95.1 Å². The maximum Gasteiger partial charge on any atom is 4.00 e. The molecule has 0 aromatic heterocycles. The second-order valence-corrected chi connectivity index (χ2v) is 5.48. The number of allylic oxidation sites excluding steroid dienone is 6. The van der Waals surface area contributed by atoms with Gasteiger partial charge in [-0.3, -0.25) is 0 Å². The van der Waals surface area contributed by atoms with Crippen LogP contribution in [-0.2, 0) is 32.6 Å². The van der Waals surface area contributed by atoms with Crippen LogP contribution in [-0.4, -0.2) is 0 Å². The van der Waals surface area contributed by atoms with Gasteiger partial charge in [0.25, 0.3) is 0 Å². The van der Waals surface area contributed by atoms with E-state index in [-0.39, 0.29) is 51.0 Å². The number of fused-ring (bicyclic) bond motifs is 3. The van der Waals surface area contributed by atoms with Gasteiger partial charge in [-0.15, -0.1) is 17.2 Å². The molecule has 2 aromatic carbocycles. The molecule has 24 heavy (non-hydrogen) atoms. The topological polar surface area (TPSA) is 0 Å². The van der Waals surface area contributed by atoms with Gasteiger partial charge in [0, 0.05) is 0 Å². The van der Waals surface area contributed by atoms with Crippen LogP contribution in [0.1, 0.15) is 25.0 Å². The van der Waals surface area contributed by atoms with Crippen molar-refractivity contribution < 1.29 is 51.0 Å². The first-order valence-corrected chi connectivity index (χ1v) is 7.27. The normalized spacial score (nSPS) is 11.8. The van der Waals surface area contributed by atoms with Crippen LogP contribution in [0.3, 0.4) is 0 Å². The summed E-state index contributed by atoms with van der Waals surface area (Å²) in [6, 6.07) is 18.1. The number of hydrogen-bond donors (Lipinski definition) is 0. The largest absolute Gasteiger partial charge is 4.00 e. The first kappa shape index (κ1) is 23.1. The molecule has 0 atom stereocenters. The maximum atomic E-state index is 3.30. The van der Waals surface area contributed by atoms with Crippen LogP contribution in [0, 0.1) is 12.1 Å². The van der Waals surface area contributed by atoms with E-state index in [1.807, 2.05) is 18.2 Å². The van der Waals surface area contributed by atoms with Crippen LogP contribution in [0.4, 0.5) is 0 Å². The van der Waals surface area contributed by atoms with Crippen molar-refractivity contribution in [3.63, 3.8) is 0 Å². The summed E-state index contributed by atoms with van der Waals surface area (Å²) in [7, 11) is 0. The molecule has 4 rings (SSSR count). The number of benzene rings is 2. The monoisotopic (exact) mass is 430 g/mol. The van der Waals surface area contributed by atoms with Crippen LogP contribution < -0.4 is 24.8 Å². The fourth-order valence-corrected chi connectivity index (χ4v) is 2.64. The van der Waals surface area contributed by atoms with E-state index in [1.54, 1.807) is 0 Å². The van der Waals surface area contributed by atoms with E-state index in [0.29, 0.717) is 0 Å². The Morgan fingerprint density at radius 1 is 0.958 bits per heavy atom. The fraction of sp³-hybridized carbons (Fsp3) is 0.143. The van der Waals surface area contributed by atoms with Crippen LogP contribution in [0.5, 0.6) is 0 Å². The van der Waals surface area contributed by atoms with Gasteiger partial charge in [0.05, 0.1) is 0 Å². The molecule has 0 N–H and O–H groups in total. The zero-order valence-corrected chi connectivity index (χ0v) is 17.7. The number of hydrogen-bond acceptors (Lipinski definition) is 0. The molecule has 120 valence electrons. The van der Waals surface area contributed by atoms with Crippen molar-refractivity contribution in [2.75, 3.05) is 0 Å². The predicted molar refractivity (Wildman–Crippen MR) is 88.8 cm³/mol. The van der Waals surface area contributed by atoms with E-state index in [9.17, 15) is 0 Å². The molecule has 0 spiro atoms. The Morgan fingerprint density at radius 2 is 1.67 bits per heavy atom. The quantitative estimate of drug-likeness (QED) is 0.413. The molecule has 0 saturated carbocycles. The second kappa shape index (κ2) is 10.9. The molecule has 2 aliphatic carbocycles. The Balaban J connectivity index is 0.000000429. The van der Waals surface area contributed by atoms with Crippen LogP contribution in [0.2, 0.25) is 0 Å². The maximum absolute atomic E-state index is 3.30. The summed E-state index contributed by atoms with van der Waals surface area (Å²) in [5, 5.41) is 0. The standard InChI is InChI=1S/C13H9.C8H9.2ClH.Zr/c1-3-7-12-10(5-1)9-11-6-2-4-8-13(11)12;1-7(2)8-5-3-4-6-8;;;/h1-5,7-8H,9H2;3-5H,1-2H3;2*1H;/q2*-1;;;+4/p-2. The summed E-state index contributed by atoms with van der Waals surface area (Å²) < 4.78 is 0. The van der Waals surface area contributed by atoms with E-state index < -0.39 is 0 Å². The van der Waals surface area contributed by atoms with Crippen LogP contribution in [0.25, 0.3) is 11.1 Å². The van der Waals surface area contributed by atoms with Gasteiger partial charge in [0.15, 0.2) is 0 Å². The zero-order chi connectivity index (χ0) is 14.7. The van der Waals surface area contributed by atoms with Crippen molar-refractivity contribution >= 4 is 0 Å². The predicted octanol–water partition coefficient (Wildman–Crippen LogP) is -0.685. The summed E-state index contributed by atoms with van der Waals surface area (Å²) in [5.74, 6) is 0. The average Bonchev–Trinajstić information content (AvgIpc) is 3.15. The molecule has 2 aromatic rings. The molecular formula is C21H18Cl2Zr. The van der Waals surface area contributed by atoms with Crippen molar-refractivity contribution in [2.45, 2.75) is 20.3 Å². The SMILES string of the molecule is CC(C)=C1[C-]=CC=C1.[Cl-].[Cl-].[Zr+4].[c-]1cccc2c1Cc1ccccc1-2. The molecule has 0 amide bonds. The van der Waals surface area contributed by atoms with Gasteiger partial charge in [0.1, 0.15) is 0 Å². The van der Waals surface area contributed by atoms with Crippen molar-refractivity contribution in [1.82, 2.24) is 0 Å². The van der Waals surface area contributed by atoms with E-state index >= 15 is 0 Å². The Kier molecular flexibility index (Phi) is 10.5. The summed E-state index contributed by atoms with van der Waals surface area (Å²) in [5.41, 5.74) is 8.07. The van der Waals surface area contributed by atoms with Gasteiger partial charge in [-0.2, -0.15) is 53.6 Å². The first-order valence-electron chi connectivity index (χ1n) is 7.27. The van der Waals surface area contributed by atoms with Gasteiger partial charge in [-0.05, 0) is 6.42 Å². The van der Waals surface area contributed by atoms with Crippen LogP contribution in [0.15, 0.2) is 71.8 Å². The summed E-state index contributed by atoms with van der Waals surface area (Å²) in [6.07, 6.45) is 10.1. The Bertz CT molecular complexity index is 696. The molecule has 2 aliphatic rings. The third-order valence-electron chi connectivity index (χ3n) is 3.75. The fourth-order valence-electron chi connectivity index (χ4n) is 2.64. The van der Waals surface area contributed by atoms with E-state index in [2.05, 4.69) is 68.5 Å². The first-order chi connectivity index (χ1) is 10.3. The molecule has 0 saturated heterocycles. The molecule has 3 heteroatoms. The molecular weight excluding hydrogens is 414 g/mol. The third-order valence-corrected chi connectivity index (χ3v) is 3.75. The van der Waals surface area contributed by atoms with Crippen molar-refractivity contribution in [1.29, 1.82) is 0 Å². The van der Waals surface area contributed by atoms with Gasteiger partial charge in [0.2, 0.25) is 0 Å². The Morgan fingerprint density at radius 3 is 2.29 bits per heavy atom. The van der Waals surface area contributed by atoms with E-state index in [4.69, 9.17) is 0 Å². The minimum Gasteiger partial charge on any atom is -1.00 e. The number of rotatable bonds is 0. The summed E-state index contributed by atoms with van der Waals surface area (Å²) in [4.78, 5) is 0. The minimum absolute atomic E-state index is 0. The summed E-state index contributed by atoms with van der Waals surface area (Å²) >= 11 is 0. The number of halogens is 2. The van der Waals surface area contributed by atoms with Crippen molar-refractivity contribution in [3.8, 4) is 11.1 Å². The van der Waals surface area contributed by atoms with Crippen LogP contribution >= 0.6 is 0 Å². The van der Waals surface area contributed by atoms with Gasteiger partial charge >= 0.3 is 26.2 Å². The molecule has 0 bridgehead atoms. The molecule has 0 heterocycles. The van der Waals surface area contributed by atoms with Gasteiger partial charge in [-0.25, -0.2) is 0 Å². The molecule has 0 unspecified atom stereocenters. The zero-order valence-electron chi connectivity index (χ0n) is 13.7. The average molecular weight is 433 g/mol. The molecule has 0 aliphatic heterocycles.